The van der Waals surface area contributed by atoms with Gasteiger partial charge in [-0.2, -0.15) is 13.2 Å². The number of nitrogens with zero attached hydrogens (tertiary/aromatic N) is 2. The lowest BCUT2D eigenvalue weighted by Crippen LogP contribution is -2.41. The van der Waals surface area contributed by atoms with Crippen LogP contribution in [-0.2, 0) is 11.6 Å². The first-order valence-corrected chi connectivity index (χ1v) is 9.44. The zero-order valence-electron chi connectivity index (χ0n) is 15.9. The third kappa shape index (κ3) is 4.12. The summed E-state index contributed by atoms with van der Waals surface area (Å²) in [7, 11) is 0. The maximum Gasteiger partial charge on any atom is 0.416 e. The summed E-state index contributed by atoms with van der Waals surface area (Å²) in [4.78, 5) is 0. The molecule has 2 N–H and O–H groups in total. The predicted octanol–water partition coefficient (Wildman–Crippen LogP) is 5.14. The fourth-order valence-electron chi connectivity index (χ4n) is 3.49. The molecular weight excluding hydrogens is 381 g/mol. The molecule has 152 valence electrons. The number of hydrogen-bond acceptors (Lipinski definition) is 5. The van der Waals surface area contributed by atoms with E-state index < -0.39 is 11.7 Å². The molecule has 1 atom stereocenters. The second-order valence-corrected chi connectivity index (χ2v) is 7.50. The van der Waals surface area contributed by atoms with Crippen molar-refractivity contribution in [2.45, 2.75) is 31.4 Å². The summed E-state index contributed by atoms with van der Waals surface area (Å²) in [5.41, 5.74) is 1.01. The van der Waals surface area contributed by atoms with Crippen LogP contribution in [0.25, 0.3) is 11.5 Å². The Hall–Kier alpha value is -2.87. The van der Waals surface area contributed by atoms with Gasteiger partial charge in [0.2, 0.25) is 11.8 Å². The van der Waals surface area contributed by atoms with Gasteiger partial charge in [0.1, 0.15) is 0 Å². The Morgan fingerprint density at radius 2 is 1.83 bits per heavy atom. The molecule has 1 aromatic heterocycles. The Morgan fingerprint density at radius 1 is 1.07 bits per heavy atom. The van der Waals surface area contributed by atoms with Crippen molar-refractivity contribution < 1.29 is 17.6 Å². The third-order valence-corrected chi connectivity index (χ3v) is 5.19. The van der Waals surface area contributed by atoms with E-state index in [0.29, 0.717) is 28.7 Å². The Kier molecular flexibility index (Phi) is 5.04. The first-order chi connectivity index (χ1) is 13.9. The van der Waals surface area contributed by atoms with E-state index in [0.717, 1.165) is 38.1 Å². The lowest BCUT2D eigenvalue weighted by atomic mass is 9.83. The molecule has 0 radical (unpaired) electrons. The molecule has 0 saturated carbocycles. The van der Waals surface area contributed by atoms with E-state index in [9.17, 15) is 13.2 Å². The zero-order chi connectivity index (χ0) is 20.5. The summed E-state index contributed by atoms with van der Waals surface area (Å²) in [6, 6.07) is 12.2. The molecular formula is C21H21F3N4O. The number of rotatable bonds is 4. The molecule has 0 aliphatic carbocycles. The molecule has 1 aliphatic heterocycles. The molecule has 1 fully saturated rings. The van der Waals surface area contributed by atoms with Crippen molar-refractivity contribution in [1.29, 1.82) is 0 Å². The van der Waals surface area contributed by atoms with E-state index in [1.807, 2.05) is 24.3 Å². The number of alkyl halides is 3. The highest BCUT2D eigenvalue weighted by molar-refractivity contribution is 5.76. The van der Waals surface area contributed by atoms with Gasteiger partial charge in [-0.25, -0.2) is 0 Å². The number of hydrogen-bond donors (Lipinski definition) is 2. The molecule has 0 spiro atoms. The van der Waals surface area contributed by atoms with Crippen LogP contribution in [0.4, 0.5) is 24.5 Å². The number of aromatic nitrogens is 2. The Morgan fingerprint density at radius 3 is 2.52 bits per heavy atom. The monoisotopic (exact) mass is 402 g/mol. The van der Waals surface area contributed by atoms with Crippen LogP contribution >= 0.6 is 0 Å². The average Bonchev–Trinajstić information content (AvgIpc) is 3.20. The molecule has 4 rings (SSSR count). The number of para-hydroxylation sites is 1. The van der Waals surface area contributed by atoms with Crippen molar-refractivity contribution in [3.8, 4) is 11.5 Å². The lowest BCUT2D eigenvalue weighted by Gasteiger charge is -2.30. The van der Waals surface area contributed by atoms with Gasteiger partial charge in [-0.1, -0.05) is 12.1 Å². The third-order valence-electron chi connectivity index (χ3n) is 5.19. The summed E-state index contributed by atoms with van der Waals surface area (Å²) in [5.74, 6) is 0.964. The molecule has 2 heterocycles. The number of nitrogens with one attached hydrogen (secondary N) is 2. The van der Waals surface area contributed by atoms with Crippen molar-refractivity contribution in [2.24, 2.45) is 0 Å². The highest BCUT2D eigenvalue weighted by Gasteiger charge is 2.34. The number of anilines is 2. The molecule has 5 nitrogen and oxygen atoms in total. The van der Waals surface area contributed by atoms with Gasteiger partial charge in [-0.05, 0) is 62.7 Å². The van der Waals surface area contributed by atoms with Crippen molar-refractivity contribution in [1.82, 2.24) is 15.5 Å². The van der Waals surface area contributed by atoms with E-state index >= 15 is 0 Å². The normalized spacial score (nSPS) is 19.9. The Bertz CT molecular complexity index is 976. The molecule has 8 heteroatoms. The number of piperidine rings is 1. The van der Waals surface area contributed by atoms with E-state index in [2.05, 4.69) is 27.8 Å². The molecule has 2 aromatic carbocycles. The van der Waals surface area contributed by atoms with Gasteiger partial charge in [0.05, 0.1) is 22.2 Å². The Balaban J connectivity index is 1.59. The highest BCUT2D eigenvalue weighted by Crippen LogP contribution is 2.35. The van der Waals surface area contributed by atoms with Crippen LogP contribution in [0.2, 0.25) is 0 Å². The maximum atomic E-state index is 12.8. The fourth-order valence-corrected chi connectivity index (χ4v) is 3.49. The molecule has 1 saturated heterocycles. The second-order valence-electron chi connectivity index (χ2n) is 7.50. The van der Waals surface area contributed by atoms with Gasteiger partial charge in [0.15, 0.2) is 0 Å². The van der Waals surface area contributed by atoms with Gasteiger partial charge in [-0.15, -0.1) is 10.2 Å². The number of benzene rings is 2. The van der Waals surface area contributed by atoms with Crippen LogP contribution in [0.15, 0.2) is 52.9 Å². The Labute approximate surface area is 166 Å². The summed E-state index contributed by atoms with van der Waals surface area (Å²) in [6.45, 7) is 3.86. The minimum absolute atomic E-state index is 0.209. The van der Waals surface area contributed by atoms with E-state index in [1.54, 1.807) is 0 Å². The van der Waals surface area contributed by atoms with Gasteiger partial charge in [-0.3, -0.25) is 0 Å². The largest absolute Gasteiger partial charge is 0.420 e. The molecule has 3 aromatic rings. The van der Waals surface area contributed by atoms with Crippen LogP contribution in [0.1, 0.15) is 31.2 Å². The number of halogens is 3. The predicted molar refractivity (Wildman–Crippen MR) is 104 cm³/mol. The smallest absolute Gasteiger partial charge is 0.416 e. The molecule has 0 amide bonds. The van der Waals surface area contributed by atoms with Crippen molar-refractivity contribution >= 4 is 11.4 Å². The quantitative estimate of drug-likeness (QED) is 0.633. The van der Waals surface area contributed by atoms with Crippen LogP contribution in [0.5, 0.6) is 0 Å². The highest BCUT2D eigenvalue weighted by atomic mass is 19.4. The van der Waals surface area contributed by atoms with Crippen molar-refractivity contribution in [3.05, 3.63) is 60.0 Å². The standard InChI is InChI=1S/C21H21F3N4O/c1-20(11-4-12-25-13-20)19-28-27-18(29-19)16-5-2-3-6-17(16)26-15-9-7-14(8-10-15)21(22,23)24/h2-3,5-10,25-26H,4,11-13H2,1H3. The zero-order valence-corrected chi connectivity index (χ0v) is 15.9. The fraction of sp³-hybridized carbons (Fsp3) is 0.333. The van der Waals surface area contributed by atoms with Crippen LogP contribution in [0.3, 0.4) is 0 Å². The van der Waals surface area contributed by atoms with E-state index in [4.69, 9.17) is 4.42 Å². The first kappa shape index (κ1) is 19.4. The van der Waals surface area contributed by atoms with Gasteiger partial charge in [0.25, 0.3) is 0 Å². The van der Waals surface area contributed by atoms with E-state index in [1.165, 1.54) is 12.1 Å². The second kappa shape index (κ2) is 7.51. The molecule has 1 unspecified atom stereocenters. The minimum atomic E-state index is -4.36. The van der Waals surface area contributed by atoms with Gasteiger partial charge in [0, 0.05) is 12.2 Å². The molecule has 1 aliphatic rings. The van der Waals surface area contributed by atoms with Crippen molar-refractivity contribution in [2.75, 3.05) is 18.4 Å². The summed E-state index contributed by atoms with van der Waals surface area (Å²) >= 11 is 0. The van der Waals surface area contributed by atoms with Crippen molar-refractivity contribution in [3.63, 3.8) is 0 Å². The van der Waals surface area contributed by atoms with Crippen LogP contribution in [-0.4, -0.2) is 23.3 Å². The molecule has 0 bridgehead atoms. The minimum Gasteiger partial charge on any atom is -0.420 e. The summed E-state index contributed by atoms with van der Waals surface area (Å²) in [5, 5.41) is 15.0. The van der Waals surface area contributed by atoms with Crippen LogP contribution < -0.4 is 10.6 Å². The topological polar surface area (TPSA) is 63.0 Å². The SMILES string of the molecule is CC1(c2nnc(-c3ccccc3Nc3ccc(C(F)(F)F)cc3)o2)CCCNC1. The summed E-state index contributed by atoms with van der Waals surface area (Å²) in [6.07, 6.45) is -2.35. The lowest BCUT2D eigenvalue weighted by molar-refractivity contribution is -0.137. The van der Waals surface area contributed by atoms with Gasteiger partial charge >= 0.3 is 6.18 Å². The van der Waals surface area contributed by atoms with Crippen LogP contribution in [0, 0.1) is 0 Å². The van der Waals surface area contributed by atoms with E-state index in [-0.39, 0.29) is 5.41 Å². The van der Waals surface area contributed by atoms with Gasteiger partial charge < -0.3 is 15.1 Å². The first-order valence-electron chi connectivity index (χ1n) is 9.44. The molecule has 29 heavy (non-hydrogen) atoms. The maximum absolute atomic E-state index is 12.8. The average molecular weight is 402 g/mol. The summed E-state index contributed by atoms with van der Waals surface area (Å²) < 4.78 is 44.3.